The van der Waals surface area contributed by atoms with Gasteiger partial charge in [0.25, 0.3) is 5.69 Å². The zero-order valence-electron chi connectivity index (χ0n) is 15.4. The van der Waals surface area contributed by atoms with Crippen LogP contribution in [0, 0.1) is 16.0 Å². The van der Waals surface area contributed by atoms with Crippen LogP contribution in [0.5, 0.6) is 5.75 Å². The molecule has 1 aromatic carbocycles. The molecule has 0 spiro atoms. The minimum atomic E-state index is -0.526. The Hall–Kier alpha value is -2.39. The Kier molecular flexibility index (Phi) is 7.16. The molecule has 1 aliphatic rings. The second kappa shape index (κ2) is 9.35. The fourth-order valence-corrected chi connectivity index (χ4v) is 2.87. The Balaban J connectivity index is 1.88. The lowest BCUT2D eigenvalue weighted by molar-refractivity contribution is -0.384. The standard InChI is InChI=1S/C17H26N4O5/c1-12(2)10-20-6-7-26-14(11-20)9-18-17(22)19-15-8-13(21(23)24)4-5-16(15)25-3/h4-5,8,12,14H,6-7,9-11H2,1-3H3,(H2,18,19,22)/t14-/m0/s1. The van der Waals surface area contributed by atoms with E-state index in [-0.39, 0.29) is 17.5 Å². The number of morpholine rings is 1. The van der Waals surface area contributed by atoms with Gasteiger partial charge in [-0.1, -0.05) is 13.8 Å². The van der Waals surface area contributed by atoms with Crippen LogP contribution >= 0.6 is 0 Å². The lowest BCUT2D eigenvalue weighted by atomic mass is 10.2. The first-order valence-corrected chi connectivity index (χ1v) is 8.60. The normalized spacial score (nSPS) is 17.8. The van der Waals surface area contributed by atoms with E-state index in [0.29, 0.717) is 24.8 Å². The molecule has 9 nitrogen and oxygen atoms in total. The molecular weight excluding hydrogens is 340 g/mol. The molecule has 9 heteroatoms. The molecule has 0 radical (unpaired) electrons. The average molecular weight is 366 g/mol. The molecule has 0 saturated carbocycles. The minimum absolute atomic E-state index is 0.0831. The van der Waals surface area contributed by atoms with Crippen molar-refractivity contribution in [1.82, 2.24) is 10.2 Å². The number of rotatable bonds is 7. The molecule has 2 rings (SSSR count). The van der Waals surface area contributed by atoms with Crippen molar-refractivity contribution in [3.63, 3.8) is 0 Å². The highest BCUT2D eigenvalue weighted by molar-refractivity contribution is 5.91. The van der Waals surface area contributed by atoms with Gasteiger partial charge >= 0.3 is 6.03 Å². The number of nitrogens with one attached hydrogen (secondary N) is 2. The van der Waals surface area contributed by atoms with Crippen LogP contribution in [0.15, 0.2) is 18.2 Å². The van der Waals surface area contributed by atoms with Gasteiger partial charge in [-0.15, -0.1) is 0 Å². The molecule has 0 unspecified atom stereocenters. The molecule has 1 heterocycles. The minimum Gasteiger partial charge on any atom is -0.495 e. The Bertz CT molecular complexity index is 638. The van der Waals surface area contributed by atoms with Crippen LogP contribution in [0.1, 0.15) is 13.8 Å². The summed E-state index contributed by atoms with van der Waals surface area (Å²) in [5.41, 5.74) is 0.117. The van der Waals surface area contributed by atoms with Gasteiger partial charge in [0.05, 0.1) is 30.4 Å². The molecule has 0 aliphatic carbocycles. The first-order valence-electron chi connectivity index (χ1n) is 8.60. The number of nitro benzene ring substituents is 1. The smallest absolute Gasteiger partial charge is 0.319 e. The summed E-state index contributed by atoms with van der Waals surface area (Å²) >= 11 is 0. The van der Waals surface area contributed by atoms with Crippen LogP contribution in [0.25, 0.3) is 0 Å². The number of urea groups is 1. The van der Waals surface area contributed by atoms with E-state index >= 15 is 0 Å². The lowest BCUT2D eigenvalue weighted by Crippen LogP contribution is -2.48. The predicted molar refractivity (Wildman–Crippen MR) is 97.7 cm³/mol. The number of non-ortho nitro benzene ring substituents is 1. The topological polar surface area (TPSA) is 106 Å². The first kappa shape index (κ1) is 19.9. The summed E-state index contributed by atoms with van der Waals surface area (Å²) < 4.78 is 10.8. The molecule has 1 saturated heterocycles. The summed E-state index contributed by atoms with van der Waals surface area (Å²) in [5, 5.41) is 16.2. The zero-order valence-corrected chi connectivity index (χ0v) is 15.4. The number of benzene rings is 1. The van der Waals surface area contributed by atoms with Crippen molar-refractivity contribution in [2.24, 2.45) is 5.92 Å². The number of nitro groups is 1. The molecule has 2 amide bonds. The van der Waals surface area contributed by atoms with Crippen molar-refractivity contribution in [1.29, 1.82) is 0 Å². The summed E-state index contributed by atoms with van der Waals surface area (Å²) in [6, 6.07) is 3.57. The molecule has 0 bridgehead atoms. The molecule has 1 atom stereocenters. The van der Waals surface area contributed by atoms with Crippen LogP contribution in [0.4, 0.5) is 16.2 Å². The van der Waals surface area contributed by atoms with E-state index in [4.69, 9.17) is 9.47 Å². The average Bonchev–Trinajstić information content (AvgIpc) is 2.59. The molecule has 0 aromatic heterocycles. The maximum atomic E-state index is 12.1. The second-order valence-corrected chi connectivity index (χ2v) is 6.62. The number of anilines is 1. The largest absolute Gasteiger partial charge is 0.495 e. The van der Waals surface area contributed by atoms with E-state index in [0.717, 1.165) is 19.6 Å². The highest BCUT2D eigenvalue weighted by Crippen LogP contribution is 2.28. The van der Waals surface area contributed by atoms with Crippen LogP contribution in [-0.4, -0.2) is 61.9 Å². The fourth-order valence-electron chi connectivity index (χ4n) is 2.87. The molecule has 2 N–H and O–H groups in total. The summed E-state index contributed by atoms with van der Waals surface area (Å²) in [6.07, 6.45) is -0.0831. The summed E-state index contributed by atoms with van der Waals surface area (Å²) in [6.45, 7) is 7.99. The number of carbonyl (C=O) groups excluding carboxylic acids is 1. The van der Waals surface area contributed by atoms with Gasteiger partial charge in [0, 0.05) is 38.3 Å². The number of hydrogen-bond acceptors (Lipinski definition) is 6. The lowest BCUT2D eigenvalue weighted by Gasteiger charge is -2.33. The van der Waals surface area contributed by atoms with Crippen molar-refractivity contribution in [3.8, 4) is 5.75 Å². The molecule has 1 aromatic rings. The van der Waals surface area contributed by atoms with E-state index in [2.05, 4.69) is 29.4 Å². The van der Waals surface area contributed by atoms with Crippen LogP contribution < -0.4 is 15.4 Å². The Labute approximate surface area is 152 Å². The van der Waals surface area contributed by atoms with E-state index < -0.39 is 11.0 Å². The fraction of sp³-hybridized carbons (Fsp3) is 0.588. The zero-order chi connectivity index (χ0) is 19.1. The van der Waals surface area contributed by atoms with E-state index in [9.17, 15) is 14.9 Å². The van der Waals surface area contributed by atoms with Gasteiger partial charge in [0.15, 0.2) is 0 Å². The summed E-state index contributed by atoms with van der Waals surface area (Å²) in [7, 11) is 1.43. The maximum absolute atomic E-state index is 12.1. The monoisotopic (exact) mass is 366 g/mol. The van der Waals surface area contributed by atoms with Crippen LogP contribution in [-0.2, 0) is 4.74 Å². The van der Waals surface area contributed by atoms with Crippen LogP contribution in [0.2, 0.25) is 0 Å². The summed E-state index contributed by atoms with van der Waals surface area (Å²) in [4.78, 5) is 24.8. The molecule has 144 valence electrons. The number of methoxy groups -OCH3 is 1. The van der Waals surface area contributed by atoms with Crippen molar-refractivity contribution in [2.45, 2.75) is 20.0 Å². The van der Waals surface area contributed by atoms with E-state index in [1.807, 2.05) is 0 Å². The van der Waals surface area contributed by atoms with Crippen molar-refractivity contribution in [3.05, 3.63) is 28.3 Å². The van der Waals surface area contributed by atoms with Crippen molar-refractivity contribution < 1.29 is 19.2 Å². The number of hydrogen-bond donors (Lipinski definition) is 2. The number of amides is 2. The van der Waals surface area contributed by atoms with E-state index in [1.54, 1.807) is 0 Å². The van der Waals surface area contributed by atoms with Crippen molar-refractivity contribution >= 4 is 17.4 Å². The van der Waals surface area contributed by atoms with Gasteiger partial charge in [-0.3, -0.25) is 15.0 Å². The van der Waals surface area contributed by atoms with Gasteiger partial charge < -0.3 is 20.1 Å². The molecule has 1 aliphatic heterocycles. The highest BCUT2D eigenvalue weighted by Gasteiger charge is 2.21. The third-order valence-corrected chi connectivity index (χ3v) is 3.98. The number of nitrogens with zero attached hydrogens (tertiary/aromatic N) is 2. The third-order valence-electron chi connectivity index (χ3n) is 3.98. The Morgan fingerprint density at radius 2 is 2.27 bits per heavy atom. The molecule has 26 heavy (non-hydrogen) atoms. The number of ether oxygens (including phenoxy) is 2. The van der Waals surface area contributed by atoms with E-state index in [1.165, 1.54) is 25.3 Å². The van der Waals surface area contributed by atoms with Crippen LogP contribution in [0.3, 0.4) is 0 Å². The van der Waals surface area contributed by atoms with Crippen molar-refractivity contribution in [2.75, 3.05) is 45.2 Å². The van der Waals surface area contributed by atoms with Gasteiger partial charge in [0.2, 0.25) is 0 Å². The third kappa shape index (κ3) is 5.85. The highest BCUT2D eigenvalue weighted by atomic mass is 16.6. The second-order valence-electron chi connectivity index (χ2n) is 6.62. The van der Waals surface area contributed by atoms with Gasteiger partial charge in [0.1, 0.15) is 5.75 Å². The summed E-state index contributed by atoms with van der Waals surface area (Å²) in [5.74, 6) is 0.925. The first-order chi connectivity index (χ1) is 12.4. The Morgan fingerprint density at radius 1 is 1.50 bits per heavy atom. The predicted octanol–water partition coefficient (Wildman–Crippen LogP) is 2.08. The number of carbonyl (C=O) groups is 1. The SMILES string of the molecule is COc1ccc([N+](=O)[O-])cc1NC(=O)NC[C@H]1CN(CC(C)C)CCO1. The quantitative estimate of drug-likeness (QED) is 0.565. The Morgan fingerprint density at radius 3 is 2.92 bits per heavy atom. The maximum Gasteiger partial charge on any atom is 0.319 e. The van der Waals surface area contributed by atoms with Gasteiger partial charge in [-0.2, -0.15) is 0 Å². The van der Waals surface area contributed by atoms with Gasteiger partial charge in [-0.05, 0) is 12.0 Å². The molecule has 1 fully saturated rings. The molecular formula is C17H26N4O5. The van der Waals surface area contributed by atoms with Gasteiger partial charge in [-0.25, -0.2) is 4.79 Å².